The number of ether oxygens (including phenoxy) is 4. The Bertz CT molecular complexity index is 220. The van der Waals surface area contributed by atoms with E-state index in [2.05, 4.69) is 6.58 Å². The lowest BCUT2D eigenvalue weighted by molar-refractivity contribution is -0.232. The average Bonchev–Trinajstić information content (AvgIpc) is 2.30. The molecule has 1 aliphatic heterocycles. The van der Waals surface area contributed by atoms with Crippen molar-refractivity contribution in [2.45, 2.75) is 30.5 Å². The van der Waals surface area contributed by atoms with Crippen LogP contribution in [-0.2, 0) is 18.9 Å². The second-order valence-corrected chi connectivity index (χ2v) is 3.72. The molecule has 0 saturated carbocycles. The first-order valence-electron chi connectivity index (χ1n) is 5.20. The Balaban J connectivity index is 2.81. The van der Waals surface area contributed by atoms with Gasteiger partial charge >= 0.3 is 0 Å². The summed E-state index contributed by atoms with van der Waals surface area (Å²) < 4.78 is 21.2. The minimum Gasteiger partial charge on any atom is -0.387 e. The molecule has 0 aromatic rings. The summed E-state index contributed by atoms with van der Waals surface area (Å²) in [6, 6.07) is 0. The van der Waals surface area contributed by atoms with E-state index in [1.54, 1.807) is 20.3 Å². The molecule has 5 heteroatoms. The van der Waals surface area contributed by atoms with Crippen molar-refractivity contribution >= 4 is 0 Å². The lowest BCUT2D eigenvalue weighted by atomic mass is 9.95. The van der Waals surface area contributed by atoms with Crippen LogP contribution in [0.15, 0.2) is 12.7 Å². The molecule has 5 atom stereocenters. The van der Waals surface area contributed by atoms with Gasteiger partial charge in [-0.3, -0.25) is 0 Å². The van der Waals surface area contributed by atoms with Gasteiger partial charge in [0.15, 0.2) is 0 Å². The summed E-state index contributed by atoms with van der Waals surface area (Å²) >= 11 is 0. The summed E-state index contributed by atoms with van der Waals surface area (Å²) in [4.78, 5) is 0. The molecule has 5 nitrogen and oxygen atoms in total. The van der Waals surface area contributed by atoms with Crippen molar-refractivity contribution in [3.63, 3.8) is 0 Å². The highest BCUT2D eigenvalue weighted by atomic mass is 16.6. The zero-order valence-corrected chi connectivity index (χ0v) is 9.96. The molecule has 0 bridgehead atoms. The zero-order chi connectivity index (χ0) is 12.1. The third-order valence-corrected chi connectivity index (χ3v) is 2.80. The minimum atomic E-state index is -0.777. The molecule has 1 fully saturated rings. The second-order valence-electron chi connectivity index (χ2n) is 3.72. The van der Waals surface area contributed by atoms with Crippen molar-refractivity contribution in [1.82, 2.24) is 0 Å². The van der Waals surface area contributed by atoms with Crippen molar-refractivity contribution in [2.24, 2.45) is 0 Å². The lowest BCUT2D eigenvalue weighted by Gasteiger charge is -2.42. The number of methoxy groups -OCH3 is 3. The van der Waals surface area contributed by atoms with E-state index in [1.165, 1.54) is 7.11 Å². The van der Waals surface area contributed by atoms with Gasteiger partial charge in [-0.2, -0.15) is 0 Å². The highest BCUT2D eigenvalue weighted by Crippen LogP contribution is 2.25. The van der Waals surface area contributed by atoms with Crippen LogP contribution in [0.1, 0.15) is 0 Å². The summed E-state index contributed by atoms with van der Waals surface area (Å²) in [5.74, 6) is 0. The van der Waals surface area contributed by atoms with Gasteiger partial charge in [-0.1, -0.05) is 6.08 Å². The molecule has 1 rings (SSSR count). The minimum absolute atomic E-state index is 0.272. The summed E-state index contributed by atoms with van der Waals surface area (Å²) in [6.45, 7) is 4.01. The van der Waals surface area contributed by atoms with Gasteiger partial charge in [-0.15, -0.1) is 6.58 Å². The van der Waals surface area contributed by atoms with Crippen LogP contribution in [0.25, 0.3) is 0 Å². The number of hydrogen-bond donors (Lipinski definition) is 1. The third kappa shape index (κ3) is 2.61. The molecule has 0 radical (unpaired) electrons. The first kappa shape index (κ1) is 13.6. The molecule has 16 heavy (non-hydrogen) atoms. The van der Waals surface area contributed by atoms with E-state index in [1.807, 2.05) is 0 Å². The van der Waals surface area contributed by atoms with Gasteiger partial charge in [-0.05, 0) is 0 Å². The van der Waals surface area contributed by atoms with Gasteiger partial charge in [-0.25, -0.2) is 0 Å². The number of hydrogen-bond acceptors (Lipinski definition) is 5. The van der Waals surface area contributed by atoms with E-state index in [9.17, 15) is 5.11 Å². The fourth-order valence-electron chi connectivity index (χ4n) is 2.01. The average molecular weight is 232 g/mol. The Kier molecular flexibility index (Phi) is 5.37. The number of aliphatic hydroxyl groups is 1. The van der Waals surface area contributed by atoms with Crippen LogP contribution < -0.4 is 0 Å². The van der Waals surface area contributed by atoms with Crippen molar-refractivity contribution in [3.05, 3.63) is 12.7 Å². The smallest absolute Gasteiger partial charge is 0.115 e. The van der Waals surface area contributed by atoms with E-state index >= 15 is 0 Å². The molecule has 0 unspecified atom stereocenters. The highest BCUT2D eigenvalue weighted by Gasteiger charge is 2.44. The lowest BCUT2D eigenvalue weighted by Crippen LogP contribution is -2.59. The Morgan fingerprint density at radius 3 is 2.31 bits per heavy atom. The van der Waals surface area contributed by atoms with E-state index in [0.717, 1.165) is 0 Å². The Hall–Kier alpha value is -0.460. The van der Waals surface area contributed by atoms with Crippen LogP contribution in [0.2, 0.25) is 0 Å². The van der Waals surface area contributed by atoms with Gasteiger partial charge < -0.3 is 24.1 Å². The van der Waals surface area contributed by atoms with E-state index in [-0.39, 0.29) is 12.2 Å². The first-order valence-corrected chi connectivity index (χ1v) is 5.20. The highest BCUT2D eigenvalue weighted by molar-refractivity contribution is 5.00. The van der Waals surface area contributed by atoms with Crippen molar-refractivity contribution in [3.8, 4) is 0 Å². The maximum atomic E-state index is 9.97. The molecule has 1 aliphatic rings. The topological polar surface area (TPSA) is 57.2 Å². The van der Waals surface area contributed by atoms with Crippen LogP contribution in [-0.4, -0.2) is 63.6 Å². The van der Waals surface area contributed by atoms with Gasteiger partial charge in [0.2, 0.25) is 0 Å². The van der Waals surface area contributed by atoms with Gasteiger partial charge in [0, 0.05) is 21.3 Å². The molecule has 0 spiro atoms. The van der Waals surface area contributed by atoms with Crippen molar-refractivity contribution < 1.29 is 24.1 Å². The maximum Gasteiger partial charge on any atom is 0.115 e. The molecule has 94 valence electrons. The van der Waals surface area contributed by atoms with E-state index < -0.39 is 18.3 Å². The van der Waals surface area contributed by atoms with E-state index in [4.69, 9.17) is 18.9 Å². The summed E-state index contributed by atoms with van der Waals surface area (Å²) in [5, 5.41) is 9.97. The van der Waals surface area contributed by atoms with Crippen LogP contribution >= 0.6 is 0 Å². The van der Waals surface area contributed by atoms with Gasteiger partial charge in [0.1, 0.15) is 30.5 Å². The molecule has 1 heterocycles. The molecular weight excluding hydrogens is 212 g/mol. The normalized spacial score (nSPS) is 39.6. The standard InChI is InChI=1S/C11H20O5/c1-5-7-9(12)11(15-4)10(14-3)8(16-7)6-13-2/h5,7-12H,1,6H2,2-4H3/t7-,8-,9+,10-,11-/m1/s1. The zero-order valence-electron chi connectivity index (χ0n) is 9.96. The first-order chi connectivity index (χ1) is 7.69. The molecule has 0 amide bonds. The predicted octanol–water partition coefficient (Wildman–Crippen LogP) is -0.0229. The van der Waals surface area contributed by atoms with Crippen LogP contribution in [0.3, 0.4) is 0 Å². The third-order valence-electron chi connectivity index (χ3n) is 2.80. The Morgan fingerprint density at radius 1 is 1.25 bits per heavy atom. The fourth-order valence-corrected chi connectivity index (χ4v) is 2.01. The van der Waals surface area contributed by atoms with Crippen molar-refractivity contribution in [2.75, 3.05) is 27.9 Å². The number of aliphatic hydroxyl groups excluding tert-OH is 1. The quantitative estimate of drug-likeness (QED) is 0.675. The summed E-state index contributed by atoms with van der Waals surface area (Å²) in [6.07, 6.45) is -0.743. The van der Waals surface area contributed by atoms with Crippen LogP contribution in [0, 0.1) is 0 Å². The Labute approximate surface area is 95.9 Å². The van der Waals surface area contributed by atoms with Gasteiger partial charge in [0.05, 0.1) is 6.61 Å². The molecular formula is C11H20O5. The fraction of sp³-hybridized carbons (Fsp3) is 0.818. The summed E-state index contributed by atoms with van der Waals surface area (Å²) in [7, 11) is 4.69. The molecule has 0 aromatic carbocycles. The molecule has 0 aliphatic carbocycles. The second kappa shape index (κ2) is 6.32. The molecule has 0 aromatic heterocycles. The van der Waals surface area contributed by atoms with E-state index in [0.29, 0.717) is 6.61 Å². The summed E-state index contributed by atoms with van der Waals surface area (Å²) in [5.41, 5.74) is 0. The molecule has 1 saturated heterocycles. The largest absolute Gasteiger partial charge is 0.387 e. The van der Waals surface area contributed by atoms with Gasteiger partial charge in [0.25, 0.3) is 0 Å². The van der Waals surface area contributed by atoms with Crippen LogP contribution in [0.5, 0.6) is 0 Å². The maximum absolute atomic E-state index is 9.97. The number of rotatable bonds is 5. The monoisotopic (exact) mass is 232 g/mol. The predicted molar refractivity (Wildman–Crippen MR) is 58.3 cm³/mol. The van der Waals surface area contributed by atoms with Crippen LogP contribution in [0.4, 0.5) is 0 Å². The Morgan fingerprint density at radius 2 is 1.88 bits per heavy atom. The SMILES string of the molecule is C=C[C@H]1O[C@H](COC)[C@@H](OC)[C@H](OC)[C@H]1O. The molecule has 1 N–H and O–H groups in total. The van der Waals surface area contributed by atoms with Crippen molar-refractivity contribution in [1.29, 1.82) is 0 Å².